The Hall–Kier alpha value is -1.88. The molecule has 0 radical (unpaired) electrons. The third-order valence-corrected chi connectivity index (χ3v) is 3.09. The Morgan fingerprint density at radius 1 is 1.39 bits per heavy atom. The van der Waals surface area contributed by atoms with Gasteiger partial charge in [0, 0.05) is 12.6 Å². The zero-order chi connectivity index (χ0) is 13.3. The lowest BCUT2D eigenvalue weighted by Gasteiger charge is -2.12. The first-order valence-corrected chi connectivity index (χ1v) is 5.93. The molecule has 0 aliphatic carbocycles. The van der Waals surface area contributed by atoms with Gasteiger partial charge in [0.25, 0.3) is 5.56 Å². The second-order valence-corrected chi connectivity index (χ2v) is 4.58. The van der Waals surface area contributed by atoms with Gasteiger partial charge in [0.2, 0.25) is 0 Å². The smallest absolute Gasteiger partial charge is 0.315 e. The zero-order valence-electron chi connectivity index (χ0n) is 10.8. The summed E-state index contributed by atoms with van der Waals surface area (Å²) < 4.78 is 1.24. The maximum atomic E-state index is 12.3. The van der Waals surface area contributed by atoms with Crippen LogP contribution in [0.1, 0.15) is 12.5 Å². The first kappa shape index (κ1) is 12.6. The molecule has 2 rings (SSSR count). The van der Waals surface area contributed by atoms with Crippen molar-refractivity contribution in [1.82, 2.24) is 14.9 Å². The van der Waals surface area contributed by atoms with Crippen molar-refractivity contribution in [2.45, 2.75) is 26.4 Å². The van der Waals surface area contributed by atoms with E-state index in [9.17, 15) is 9.59 Å². The lowest BCUT2D eigenvalue weighted by atomic mass is 10.2. The van der Waals surface area contributed by atoms with Crippen LogP contribution in [-0.2, 0) is 6.54 Å². The molecule has 0 bridgehead atoms. The van der Waals surface area contributed by atoms with E-state index in [2.05, 4.69) is 10.3 Å². The molecule has 0 saturated heterocycles. The molecule has 96 valence electrons. The van der Waals surface area contributed by atoms with E-state index >= 15 is 0 Å². The Kier molecular flexibility index (Phi) is 3.34. The van der Waals surface area contributed by atoms with Crippen molar-refractivity contribution >= 4 is 10.9 Å². The van der Waals surface area contributed by atoms with E-state index < -0.39 is 0 Å². The number of nitrogens with zero attached hydrogens (tertiary/aromatic N) is 1. The minimum atomic E-state index is -0.363. The molecule has 5 nitrogen and oxygen atoms in total. The number of aromatic amines is 1. The predicted octanol–water partition coefficient (Wildman–Crippen LogP) is 0.606. The number of H-pyrrole nitrogens is 1. The summed E-state index contributed by atoms with van der Waals surface area (Å²) in [5.41, 5.74) is 0.988. The minimum absolute atomic E-state index is 0.0612. The van der Waals surface area contributed by atoms with Crippen molar-refractivity contribution in [2.75, 3.05) is 7.05 Å². The SMILES string of the molecule is CNC(C)Cn1c(=O)[nH]c2ccc(C)cc2c1=O. The average molecular weight is 247 g/mol. The van der Waals surface area contributed by atoms with E-state index in [-0.39, 0.29) is 17.3 Å². The average Bonchev–Trinajstić information content (AvgIpc) is 2.35. The van der Waals surface area contributed by atoms with Crippen LogP contribution in [0.5, 0.6) is 0 Å². The molecular weight excluding hydrogens is 230 g/mol. The largest absolute Gasteiger partial charge is 0.328 e. The topological polar surface area (TPSA) is 66.9 Å². The maximum Gasteiger partial charge on any atom is 0.328 e. The van der Waals surface area contributed by atoms with E-state index in [4.69, 9.17) is 0 Å². The summed E-state index contributed by atoms with van der Waals surface area (Å²) in [5, 5.41) is 3.57. The fourth-order valence-electron chi connectivity index (χ4n) is 1.90. The summed E-state index contributed by atoms with van der Waals surface area (Å²) in [7, 11) is 1.80. The number of nitrogens with one attached hydrogen (secondary N) is 2. The normalized spacial score (nSPS) is 12.8. The molecule has 2 aromatic rings. The van der Waals surface area contributed by atoms with Crippen LogP contribution < -0.4 is 16.6 Å². The third kappa shape index (κ3) is 2.22. The molecule has 1 heterocycles. The number of aromatic nitrogens is 2. The number of fused-ring (bicyclic) bond motifs is 1. The van der Waals surface area contributed by atoms with Gasteiger partial charge in [-0.15, -0.1) is 0 Å². The van der Waals surface area contributed by atoms with Gasteiger partial charge in [0.15, 0.2) is 0 Å². The van der Waals surface area contributed by atoms with Gasteiger partial charge in [-0.3, -0.25) is 9.36 Å². The van der Waals surface area contributed by atoms with Gasteiger partial charge in [-0.25, -0.2) is 4.79 Å². The van der Waals surface area contributed by atoms with E-state index in [0.29, 0.717) is 17.4 Å². The van der Waals surface area contributed by atoms with Crippen LogP contribution in [0.2, 0.25) is 0 Å². The van der Waals surface area contributed by atoms with Crippen molar-refractivity contribution in [3.05, 3.63) is 44.6 Å². The van der Waals surface area contributed by atoms with Gasteiger partial charge in [0.1, 0.15) is 0 Å². The van der Waals surface area contributed by atoms with Gasteiger partial charge in [0.05, 0.1) is 10.9 Å². The fraction of sp³-hybridized carbons (Fsp3) is 0.385. The Balaban J connectivity index is 2.68. The molecule has 0 aliphatic heterocycles. The van der Waals surface area contributed by atoms with Crippen molar-refractivity contribution < 1.29 is 0 Å². The number of hydrogen-bond donors (Lipinski definition) is 2. The van der Waals surface area contributed by atoms with E-state index in [1.807, 2.05) is 19.9 Å². The van der Waals surface area contributed by atoms with Crippen LogP contribution >= 0.6 is 0 Å². The highest BCUT2D eigenvalue weighted by Gasteiger charge is 2.09. The second kappa shape index (κ2) is 4.78. The third-order valence-electron chi connectivity index (χ3n) is 3.09. The zero-order valence-corrected chi connectivity index (χ0v) is 10.8. The fourth-order valence-corrected chi connectivity index (χ4v) is 1.90. The quantitative estimate of drug-likeness (QED) is 0.835. The molecule has 1 atom stereocenters. The number of rotatable bonds is 3. The number of hydrogen-bond acceptors (Lipinski definition) is 3. The molecule has 0 spiro atoms. The van der Waals surface area contributed by atoms with Gasteiger partial charge < -0.3 is 10.3 Å². The van der Waals surface area contributed by atoms with Crippen LogP contribution in [0.25, 0.3) is 10.9 Å². The molecule has 18 heavy (non-hydrogen) atoms. The molecule has 2 N–H and O–H groups in total. The summed E-state index contributed by atoms with van der Waals surface area (Å²) in [5.74, 6) is 0. The number of aryl methyl sites for hydroxylation is 1. The molecule has 1 aromatic heterocycles. The van der Waals surface area contributed by atoms with Crippen molar-refractivity contribution in [1.29, 1.82) is 0 Å². The summed E-state index contributed by atoms with van der Waals surface area (Å²) in [4.78, 5) is 26.9. The standard InChI is InChI=1S/C13H17N3O2/c1-8-4-5-11-10(6-8)12(17)16(13(18)15-11)7-9(2)14-3/h4-6,9,14H,7H2,1-3H3,(H,15,18). The van der Waals surface area contributed by atoms with Gasteiger partial charge in [-0.1, -0.05) is 11.6 Å². The van der Waals surface area contributed by atoms with Crippen molar-refractivity contribution in [2.24, 2.45) is 0 Å². The summed E-state index contributed by atoms with van der Waals surface area (Å²) >= 11 is 0. The Morgan fingerprint density at radius 2 is 2.11 bits per heavy atom. The van der Waals surface area contributed by atoms with Gasteiger partial charge >= 0.3 is 5.69 Å². The Bertz CT molecular complexity index is 685. The lowest BCUT2D eigenvalue weighted by Crippen LogP contribution is -2.40. The van der Waals surface area contributed by atoms with E-state index in [1.165, 1.54) is 4.57 Å². The lowest BCUT2D eigenvalue weighted by molar-refractivity contribution is 0.492. The number of benzene rings is 1. The highest BCUT2D eigenvalue weighted by molar-refractivity contribution is 5.77. The number of likely N-dealkylation sites (N-methyl/N-ethyl adjacent to an activating group) is 1. The molecule has 0 saturated carbocycles. The minimum Gasteiger partial charge on any atom is -0.315 e. The molecule has 0 aliphatic rings. The summed E-state index contributed by atoms with van der Waals surface area (Å²) in [6, 6.07) is 5.50. The van der Waals surface area contributed by atoms with Crippen LogP contribution in [-0.4, -0.2) is 22.6 Å². The molecular formula is C13H17N3O2. The monoisotopic (exact) mass is 247 g/mol. The van der Waals surface area contributed by atoms with Crippen LogP contribution in [0, 0.1) is 6.92 Å². The molecule has 0 amide bonds. The van der Waals surface area contributed by atoms with Crippen molar-refractivity contribution in [3.63, 3.8) is 0 Å². The predicted molar refractivity (Wildman–Crippen MR) is 72.1 cm³/mol. The Labute approximate surface area is 104 Å². The summed E-state index contributed by atoms with van der Waals surface area (Å²) in [6.07, 6.45) is 0. The first-order valence-electron chi connectivity index (χ1n) is 5.93. The van der Waals surface area contributed by atoms with Crippen LogP contribution in [0.4, 0.5) is 0 Å². The second-order valence-electron chi connectivity index (χ2n) is 4.58. The Morgan fingerprint density at radius 3 is 2.78 bits per heavy atom. The summed E-state index contributed by atoms with van der Waals surface area (Å²) in [6.45, 7) is 4.20. The van der Waals surface area contributed by atoms with E-state index in [1.54, 1.807) is 19.2 Å². The van der Waals surface area contributed by atoms with Crippen LogP contribution in [0.15, 0.2) is 27.8 Å². The van der Waals surface area contributed by atoms with Gasteiger partial charge in [-0.2, -0.15) is 0 Å². The van der Waals surface area contributed by atoms with E-state index in [0.717, 1.165) is 5.56 Å². The highest BCUT2D eigenvalue weighted by atomic mass is 16.2. The molecule has 5 heteroatoms. The molecule has 0 fully saturated rings. The molecule has 1 aromatic carbocycles. The van der Waals surface area contributed by atoms with Gasteiger partial charge in [-0.05, 0) is 33.0 Å². The molecule has 1 unspecified atom stereocenters. The maximum absolute atomic E-state index is 12.3. The first-order chi connectivity index (χ1) is 8.52. The van der Waals surface area contributed by atoms with Crippen molar-refractivity contribution in [3.8, 4) is 0 Å². The van der Waals surface area contributed by atoms with Crippen LogP contribution in [0.3, 0.4) is 0 Å². The highest BCUT2D eigenvalue weighted by Crippen LogP contribution is 2.07.